The fraction of sp³-hybridized carbons (Fsp3) is 0.0800. The summed E-state index contributed by atoms with van der Waals surface area (Å²) in [6.07, 6.45) is 7.59. The van der Waals surface area contributed by atoms with Crippen LogP contribution in [0.4, 0.5) is 4.39 Å². The maximum absolute atomic E-state index is 14.5. The molecule has 0 spiro atoms. The first kappa shape index (κ1) is 22.9. The highest BCUT2D eigenvalue weighted by Gasteiger charge is 2.17. The Morgan fingerprint density at radius 2 is 1.84 bits per heavy atom. The number of fused-ring (bicyclic) bond motifs is 2. The molecule has 4 aromatic heterocycles. The summed E-state index contributed by atoms with van der Waals surface area (Å²) in [4.78, 5) is 20.7. The molecule has 2 aromatic carbocycles. The number of aromatic nitrogens is 7. The van der Waals surface area contributed by atoms with Gasteiger partial charge < -0.3 is 4.98 Å². The number of halogens is 1. The average Bonchev–Trinajstić information content (AvgIpc) is 3.51. The zero-order valence-corrected chi connectivity index (χ0v) is 20.2. The second kappa shape index (κ2) is 8.84. The number of nitrogens with one attached hydrogen (secondary N) is 3. The molecule has 0 atom stereocenters. The minimum Gasteiger partial charge on any atom is -0.337 e. The zero-order valence-electron chi connectivity index (χ0n) is 19.4. The van der Waals surface area contributed by atoms with E-state index in [1.807, 2.05) is 24.3 Å². The zero-order chi connectivity index (χ0) is 25.6. The molecule has 0 saturated heterocycles. The van der Waals surface area contributed by atoms with Gasteiger partial charge in [-0.15, -0.1) is 0 Å². The van der Waals surface area contributed by atoms with E-state index in [2.05, 4.69) is 34.9 Å². The lowest BCUT2D eigenvalue weighted by atomic mass is 10.0. The van der Waals surface area contributed by atoms with Crippen molar-refractivity contribution < 1.29 is 12.8 Å². The van der Waals surface area contributed by atoms with Crippen molar-refractivity contribution in [2.24, 2.45) is 0 Å². The molecule has 6 aromatic rings. The van der Waals surface area contributed by atoms with Crippen molar-refractivity contribution in [2.75, 3.05) is 6.26 Å². The predicted octanol–water partition coefficient (Wildman–Crippen LogP) is 3.81. The predicted molar refractivity (Wildman–Crippen MR) is 137 cm³/mol. The first-order chi connectivity index (χ1) is 17.8. The Balaban J connectivity index is 1.44. The van der Waals surface area contributed by atoms with Gasteiger partial charge in [0.25, 0.3) is 0 Å². The molecule has 0 fully saturated rings. The lowest BCUT2D eigenvalue weighted by molar-refractivity contribution is 0.586. The van der Waals surface area contributed by atoms with Crippen LogP contribution in [0, 0.1) is 5.82 Å². The number of aromatic amines is 2. The summed E-state index contributed by atoms with van der Waals surface area (Å²) < 4.78 is 39.9. The highest BCUT2D eigenvalue weighted by molar-refractivity contribution is 7.88. The van der Waals surface area contributed by atoms with Gasteiger partial charge in [-0.05, 0) is 41.5 Å². The maximum atomic E-state index is 14.5. The molecule has 10 nitrogen and oxygen atoms in total. The van der Waals surface area contributed by atoms with E-state index in [-0.39, 0.29) is 6.54 Å². The quantitative estimate of drug-likeness (QED) is 0.307. The normalized spacial score (nSPS) is 11.9. The van der Waals surface area contributed by atoms with Crippen molar-refractivity contribution in [1.82, 2.24) is 39.8 Å². The molecule has 0 unspecified atom stereocenters. The van der Waals surface area contributed by atoms with Crippen LogP contribution in [0.15, 0.2) is 67.4 Å². The summed E-state index contributed by atoms with van der Waals surface area (Å²) in [5, 5.41) is 8.26. The molecule has 0 aliphatic rings. The maximum Gasteiger partial charge on any atom is 0.209 e. The molecule has 0 aliphatic heterocycles. The van der Waals surface area contributed by atoms with Gasteiger partial charge >= 0.3 is 0 Å². The molecular weight excluding hydrogens is 495 g/mol. The number of H-pyrrole nitrogens is 2. The summed E-state index contributed by atoms with van der Waals surface area (Å²) in [5.41, 5.74) is 5.97. The Kier molecular flexibility index (Phi) is 5.46. The van der Waals surface area contributed by atoms with Crippen LogP contribution in [-0.4, -0.2) is 49.8 Å². The molecule has 0 bridgehead atoms. The fourth-order valence-electron chi connectivity index (χ4n) is 4.19. The number of benzene rings is 2. The van der Waals surface area contributed by atoms with Crippen LogP contribution in [-0.2, 0) is 16.6 Å². The SMILES string of the molecule is CS(=O)(=O)NCc1cc(F)cc(-c2cccc3[nH]c(-c4n[nH]c5cnc(-c6cncnc6)cc45)nc23)c1. The van der Waals surface area contributed by atoms with Crippen LogP contribution >= 0.6 is 0 Å². The van der Waals surface area contributed by atoms with Gasteiger partial charge in [-0.25, -0.2) is 32.5 Å². The molecule has 4 heterocycles. The highest BCUT2D eigenvalue weighted by Crippen LogP contribution is 2.33. The molecule has 184 valence electrons. The van der Waals surface area contributed by atoms with E-state index in [9.17, 15) is 12.8 Å². The minimum absolute atomic E-state index is 0.0204. The Labute approximate surface area is 210 Å². The van der Waals surface area contributed by atoms with Gasteiger partial charge in [-0.3, -0.25) is 10.1 Å². The lowest BCUT2D eigenvalue weighted by Crippen LogP contribution is -2.21. The van der Waals surface area contributed by atoms with E-state index >= 15 is 0 Å². The smallest absolute Gasteiger partial charge is 0.209 e. The van der Waals surface area contributed by atoms with E-state index in [0.717, 1.165) is 28.2 Å². The second-order valence-corrected chi connectivity index (χ2v) is 10.4. The molecule has 0 radical (unpaired) electrons. The topological polar surface area (TPSA) is 142 Å². The van der Waals surface area contributed by atoms with Crippen LogP contribution in [0.3, 0.4) is 0 Å². The molecule has 6 rings (SSSR count). The van der Waals surface area contributed by atoms with Crippen LogP contribution in [0.2, 0.25) is 0 Å². The van der Waals surface area contributed by atoms with Gasteiger partial charge in [-0.2, -0.15) is 5.10 Å². The molecule has 12 heteroatoms. The van der Waals surface area contributed by atoms with Gasteiger partial charge in [0.05, 0.1) is 34.7 Å². The number of nitrogens with zero attached hydrogens (tertiary/aromatic N) is 5. The Bertz CT molecular complexity index is 1880. The number of sulfonamides is 1. The van der Waals surface area contributed by atoms with Crippen LogP contribution in [0.25, 0.3) is 55.8 Å². The molecule has 37 heavy (non-hydrogen) atoms. The standard InChI is InChI=1S/C25H19FN8O2S/c1-37(35,36)30-9-14-5-15(7-17(26)6-14)18-3-2-4-20-23(18)32-25(31-20)24-19-8-21(16-10-27-13-28-11-16)29-12-22(19)33-34-24/h2-8,10-13,30H,9H2,1H3,(H,31,32)(H,33,34). The number of imidazole rings is 1. The van der Waals surface area contributed by atoms with Gasteiger partial charge in [0.2, 0.25) is 10.0 Å². The van der Waals surface area contributed by atoms with Crippen LogP contribution in [0.1, 0.15) is 5.56 Å². The average molecular weight is 515 g/mol. The molecule has 0 amide bonds. The van der Waals surface area contributed by atoms with Crippen molar-refractivity contribution in [3.8, 4) is 33.9 Å². The Hall–Kier alpha value is -4.55. The van der Waals surface area contributed by atoms with Crippen LogP contribution < -0.4 is 4.72 Å². The number of rotatable bonds is 6. The number of para-hydroxylation sites is 1. The van der Waals surface area contributed by atoms with Crippen molar-refractivity contribution >= 4 is 32.0 Å². The summed E-state index contributed by atoms with van der Waals surface area (Å²) in [5.74, 6) is 0.0595. The first-order valence-electron chi connectivity index (χ1n) is 11.2. The largest absolute Gasteiger partial charge is 0.337 e. The van der Waals surface area contributed by atoms with Gasteiger partial charge in [0.15, 0.2) is 5.82 Å². The summed E-state index contributed by atoms with van der Waals surface area (Å²) in [6.45, 7) is -0.0204. The summed E-state index contributed by atoms with van der Waals surface area (Å²) in [7, 11) is -3.42. The van der Waals surface area contributed by atoms with Crippen LogP contribution in [0.5, 0.6) is 0 Å². The van der Waals surface area contributed by atoms with E-state index in [4.69, 9.17) is 4.98 Å². The van der Waals surface area contributed by atoms with Crippen molar-refractivity contribution in [3.63, 3.8) is 0 Å². The molecule has 0 saturated carbocycles. The Morgan fingerprint density at radius 3 is 2.65 bits per heavy atom. The third-order valence-corrected chi connectivity index (χ3v) is 6.52. The van der Waals surface area contributed by atoms with Crippen molar-refractivity contribution in [2.45, 2.75) is 6.54 Å². The lowest BCUT2D eigenvalue weighted by Gasteiger charge is -2.08. The second-order valence-electron chi connectivity index (χ2n) is 8.54. The van der Waals surface area contributed by atoms with Gasteiger partial charge in [0, 0.05) is 35.5 Å². The summed E-state index contributed by atoms with van der Waals surface area (Å²) >= 11 is 0. The summed E-state index contributed by atoms with van der Waals surface area (Å²) in [6, 6.07) is 11.9. The van der Waals surface area contributed by atoms with Gasteiger partial charge in [0.1, 0.15) is 17.8 Å². The van der Waals surface area contributed by atoms with E-state index < -0.39 is 15.8 Å². The van der Waals surface area contributed by atoms with Gasteiger partial charge in [-0.1, -0.05) is 12.1 Å². The van der Waals surface area contributed by atoms with E-state index in [0.29, 0.717) is 39.4 Å². The molecular formula is C25H19FN8O2S. The highest BCUT2D eigenvalue weighted by atomic mass is 32.2. The number of hydrogen-bond donors (Lipinski definition) is 3. The first-order valence-corrected chi connectivity index (χ1v) is 13.1. The fourth-order valence-corrected chi connectivity index (χ4v) is 4.61. The number of pyridine rings is 1. The van der Waals surface area contributed by atoms with Crippen molar-refractivity contribution in [3.05, 3.63) is 78.8 Å². The Morgan fingerprint density at radius 1 is 1.00 bits per heavy atom. The molecule has 3 N–H and O–H groups in total. The number of hydrogen-bond acceptors (Lipinski definition) is 7. The molecule has 0 aliphatic carbocycles. The van der Waals surface area contributed by atoms with E-state index in [1.54, 1.807) is 24.7 Å². The van der Waals surface area contributed by atoms with Crippen molar-refractivity contribution in [1.29, 1.82) is 0 Å². The monoisotopic (exact) mass is 514 g/mol. The third kappa shape index (κ3) is 4.55. The third-order valence-electron chi connectivity index (χ3n) is 5.85. The minimum atomic E-state index is -3.42. The van der Waals surface area contributed by atoms with E-state index in [1.165, 1.54) is 18.5 Å².